The maximum atomic E-state index is 11.5. The number of benzene rings is 2. The Kier molecular flexibility index (Phi) is 4.80. The molecule has 0 N–H and O–H groups in total. The van der Waals surface area contributed by atoms with E-state index in [0.29, 0.717) is 12.2 Å². The van der Waals surface area contributed by atoms with Crippen LogP contribution in [0.5, 0.6) is 5.75 Å². The molecule has 2 aromatic carbocycles. The first-order valence-corrected chi connectivity index (χ1v) is 7.02. The van der Waals surface area contributed by atoms with Crippen LogP contribution < -0.4 is 4.74 Å². The molecule has 20 heavy (non-hydrogen) atoms. The Hall–Kier alpha value is -1.80. The Bertz CT molecular complexity index is 603. The Morgan fingerprint density at radius 2 is 1.80 bits per heavy atom. The van der Waals surface area contributed by atoms with Gasteiger partial charge in [-0.1, -0.05) is 29.8 Å². The van der Waals surface area contributed by atoms with Gasteiger partial charge in [-0.25, -0.2) is 0 Å². The maximum absolute atomic E-state index is 11.5. The Morgan fingerprint density at radius 3 is 2.40 bits per heavy atom. The van der Waals surface area contributed by atoms with Crippen LogP contribution in [0.2, 0.25) is 0 Å². The molecular weight excluding hydrogens is 272 g/mol. The van der Waals surface area contributed by atoms with E-state index in [0.717, 1.165) is 16.9 Å². The van der Waals surface area contributed by atoms with Gasteiger partial charge in [-0.05, 0) is 43.2 Å². The molecule has 0 aliphatic heterocycles. The van der Waals surface area contributed by atoms with E-state index in [1.165, 1.54) is 5.56 Å². The number of alkyl halides is 1. The van der Waals surface area contributed by atoms with E-state index >= 15 is 0 Å². The van der Waals surface area contributed by atoms with Crippen molar-refractivity contribution in [2.75, 3.05) is 5.88 Å². The number of carbonyl (C=O) groups is 1. The highest BCUT2D eigenvalue weighted by atomic mass is 35.5. The molecular formula is C17H17ClO2. The predicted octanol–water partition coefficient (Wildman–Crippen LogP) is 4.30. The first kappa shape index (κ1) is 14.6. The molecule has 0 aliphatic carbocycles. The van der Waals surface area contributed by atoms with Crippen LogP contribution in [-0.4, -0.2) is 11.7 Å². The average molecular weight is 289 g/mol. The van der Waals surface area contributed by atoms with Crippen LogP contribution in [-0.2, 0) is 6.61 Å². The average Bonchev–Trinajstić information content (AvgIpc) is 2.46. The van der Waals surface area contributed by atoms with Crippen LogP contribution in [0.25, 0.3) is 0 Å². The molecule has 0 atom stereocenters. The molecule has 0 aliphatic rings. The summed E-state index contributed by atoms with van der Waals surface area (Å²) in [6.07, 6.45) is 0. The van der Waals surface area contributed by atoms with Gasteiger partial charge in [-0.2, -0.15) is 0 Å². The van der Waals surface area contributed by atoms with Gasteiger partial charge in [-0.3, -0.25) is 4.79 Å². The summed E-state index contributed by atoms with van der Waals surface area (Å²) in [5.74, 6) is 0.722. The molecule has 0 aromatic heterocycles. The topological polar surface area (TPSA) is 26.3 Å². The molecule has 0 saturated heterocycles. The summed E-state index contributed by atoms with van der Waals surface area (Å²) in [6.45, 7) is 4.50. The smallest absolute Gasteiger partial charge is 0.177 e. The quantitative estimate of drug-likeness (QED) is 0.605. The van der Waals surface area contributed by atoms with E-state index in [2.05, 4.69) is 31.2 Å². The van der Waals surface area contributed by atoms with Crippen molar-refractivity contribution in [1.82, 2.24) is 0 Å². The number of carbonyl (C=O) groups excluding carboxylic acids is 1. The Morgan fingerprint density at radius 1 is 1.10 bits per heavy atom. The van der Waals surface area contributed by atoms with Crippen LogP contribution in [0.15, 0.2) is 42.5 Å². The first-order valence-electron chi connectivity index (χ1n) is 6.48. The summed E-state index contributed by atoms with van der Waals surface area (Å²) in [5.41, 5.74) is 3.91. The van der Waals surface area contributed by atoms with Gasteiger partial charge in [0.05, 0.1) is 5.88 Å². The van der Waals surface area contributed by atoms with Gasteiger partial charge in [0.2, 0.25) is 0 Å². The van der Waals surface area contributed by atoms with Crippen LogP contribution in [0.1, 0.15) is 27.0 Å². The molecule has 0 spiro atoms. The van der Waals surface area contributed by atoms with Gasteiger partial charge < -0.3 is 4.74 Å². The second-order valence-electron chi connectivity index (χ2n) is 4.81. The van der Waals surface area contributed by atoms with Gasteiger partial charge in [-0.15, -0.1) is 11.6 Å². The number of hydrogen-bond acceptors (Lipinski definition) is 2. The number of ketones is 1. The zero-order valence-corrected chi connectivity index (χ0v) is 12.4. The number of Topliss-reactive ketones (excluding diaryl/α,β-unsaturated/α-hetero) is 1. The van der Waals surface area contributed by atoms with Crippen molar-refractivity contribution in [2.45, 2.75) is 20.5 Å². The number of ether oxygens (including phenoxy) is 1. The molecule has 0 unspecified atom stereocenters. The standard InChI is InChI=1S/C17H17ClO2/c1-12-3-5-14(6-4-12)11-20-17-8-7-15(9-13(17)2)16(19)10-18/h3-9H,10-11H2,1-2H3. The molecule has 2 rings (SSSR count). The van der Waals surface area contributed by atoms with Crippen LogP contribution in [0, 0.1) is 13.8 Å². The fraction of sp³-hybridized carbons (Fsp3) is 0.235. The highest BCUT2D eigenvalue weighted by Gasteiger charge is 2.07. The zero-order valence-electron chi connectivity index (χ0n) is 11.7. The predicted molar refractivity (Wildman–Crippen MR) is 81.7 cm³/mol. The molecule has 0 bridgehead atoms. The van der Waals surface area contributed by atoms with Crippen molar-refractivity contribution in [3.05, 3.63) is 64.7 Å². The second kappa shape index (κ2) is 6.58. The largest absolute Gasteiger partial charge is 0.489 e. The molecule has 0 heterocycles. The Balaban J connectivity index is 2.06. The summed E-state index contributed by atoms with van der Waals surface area (Å²) < 4.78 is 5.79. The third kappa shape index (κ3) is 3.61. The summed E-state index contributed by atoms with van der Waals surface area (Å²) in [6, 6.07) is 13.6. The Labute approximate surface area is 124 Å². The van der Waals surface area contributed by atoms with E-state index in [9.17, 15) is 4.79 Å². The van der Waals surface area contributed by atoms with E-state index in [-0.39, 0.29) is 11.7 Å². The molecule has 0 saturated carbocycles. The minimum Gasteiger partial charge on any atom is -0.489 e. The molecule has 0 amide bonds. The fourth-order valence-electron chi connectivity index (χ4n) is 1.91. The minimum atomic E-state index is -0.0696. The van der Waals surface area contributed by atoms with E-state index < -0.39 is 0 Å². The molecule has 0 radical (unpaired) electrons. The van der Waals surface area contributed by atoms with Crippen LogP contribution in [0.4, 0.5) is 0 Å². The number of rotatable bonds is 5. The number of aryl methyl sites for hydroxylation is 2. The van der Waals surface area contributed by atoms with Gasteiger partial charge in [0.15, 0.2) is 5.78 Å². The summed E-state index contributed by atoms with van der Waals surface area (Å²) in [4.78, 5) is 11.5. The summed E-state index contributed by atoms with van der Waals surface area (Å²) in [7, 11) is 0. The van der Waals surface area contributed by atoms with E-state index in [1.807, 2.05) is 19.1 Å². The number of hydrogen-bond donors (Lipinski definition) is 0. The van der Waals surface area contributed by atoms with Crippen molar-refractivity contribution < 1.29 is 9.53 Å². The van der Waals surface area contributed by atoms with Crippen molar-refractivity contribution in [3.8, 4) is 5.75 Å². The van der Waals surface area contributed by atoms with Gasteiger partial charge in [0.1, 0.15) is 12.4 Å². The van der Waals surface area contributed by atoms with Crippen molar-refractivity contribution in [2.24, 2.45) is 0 Å². The van der Waals surface area contributed by atoms with Crippen molar-refractivity contribution in [1.29, 1.82) is 0 Å². The molecule has 2 aromatic rings. The lowest BCUT2D eigenvalue weighted by atomic mass is 10.1. The van der Waals surface area contributed by atoms with E-state index in [4.69, 9.17) is 16.3 Å². The highest BCUT2D eigenvalue weighted by molar-refractivity contribution is 6.30. The zero-order chi connectivity index (χ0) is 14.5. The van der Waals surface area contributed by atoms with E-state index in [1.54, 1.807) is 6.07 Å². The lowest BCUT2D eigenvalue weighted by Crippen LogP contribution is -2.02. The molecule has 0 fully saturated rings. The van der Waals surface area contributed by atoms with Crippen LogP contribution >= 0.6 is 11.6 Å². The lowest BCUT2D eigenvalue weighted by molar-refractivity contribution is 0.102. The third-order valence-corrected chi connectivity index (χ3v) is 3.38. The number of halogens is 1. The minimum absolute atomic E-state index is 0.00299. The van der Waals surface area contributed by atoms with Gasteiger partial charge >= 0.3 is 0 Å². The first-order chi connectivity index (χ1) is 9.60. The van der Waals surface area contributed by atoms with Crippen LogP contribution in [0.3, 0.4) is 0 Å². The van der Waals surface area contributed by atoms with Crippen molar-refractivity contribution in [3.63, 3.8) is 0 Å². The molecule has 3 heteroatoms. The monoisotopic (exact) mass is 288 g/mol. The van der Waals surface area contributed by atoms with Crippen molar-refractivity contribution >= 4 is 17.4 Å². The van der Waals surface area contributed by atoms with Gasteiger partial charge in [0, 0.05) is 5.56 Å². The van der Waals surface area contributed by atoms with Gasteiger partial charge in [0.25, 0.3) is 0 Å². The fourth-order valence-corrected chi connectivity index (χ4v) is 2.06. The molecule has 104 valence electrons. The maximum Gasteiger partial charge on any atom is 0.177 e. The SMILES string of the molecule is Cc1ccc(COc2ccc(C(=O)CCl)cc2C)cc1. The summed E-state index contributed by atoms with van der Waals surface area (Å²) >= 11 is 5.55. The third-order valence-electron chi connectivity index (χ3n) is 3.13. The highest BCUT2D eigenvalue weighted by Crippen LogP contribution is 2.21. The second-order valence-corrected chi connectivity index (χ2v) is 5.08. The molecule has 2 nitrogen and oxygen atoms in total. The lowest BCUT2D eigenvalue weighted by Gasteiger charge is -2.10. The summed E-state index contributed by atoms with van der Waals surface area (Å²) in [5, 5.41) is 0. The normalized spacial score (nSPS) is 10.3.